The van der Waals surface area contributed by atoms with E-state index in [1.165, 1.54) is 32.6 Å². The molecule has 300 valence electrons. The molecule has 1 aliphatic rings. The number of thioether (sulfide) groups is 1. The smallest absolute Gasteiger partial charge is 0.243 e. The molecule has 0 amide bonds. The van der Waals surface area contributed by atoms with Crippen molar-refractivity contribution in [2.45, 2.75) is 85.8 Å². The summed E-state index contributed by atoms with van der Waals surface area (Å²) in [5.41, 5.74) is 6.03. The summed E-state index contributed by atoms with van der Waals surface area (Å²) >= 11 is 1.78. The largest absolute Gasteiger partial charge is 0.486 e. The summed E-state index contributed by atoms with van der Waals surface area (Å²) in [5.74, 6) is 1.96. The number of aryl methyl sites for hydroxylation is 1. The Morgan fingerprint density at radius 2 is 1.34 bits per heavy atom. The molecule has 0 atom stereocenters. The second kappa shape index (κ2) is 22.4. The third-order valence-electron chi connectivity index (χ3n) is 9.10. The first kappa shape index (κ1) is 46.0. The van der Waals surface area contributed by atoms with Crippen molar-refractivity contribution in [1.82, 2.24) is 4.31 Å². The molecule has 4 aromatic carbocycles. The lowest BCUT2D eigenvalue weighted by atomic mass is 10.0. The molecule has 5 rings (SSSR count). The summed E-state index contributed by atoms with van der Waals surface area (Å²) in [4.78, 5) is 40.1. The van der Waals surface area contributed by atoms with Crippen molar-refractivity contribution in [3.05, 3.63) is 125 Å². The van der Waals surface area contributed by atoms with Gasteiger partial charge in [-0.1, -0.05) is 135 Å². The van der Waals surface area contributed by atoms with Crippen LogP contribution in [0.5, 0.6) is 5.75 Å². The number of sulfonamides is 1. The minimum atomic E-state index is -3.50. The molecule has 0 bridgehead atoms. The van der Waals surface area contributed by atoms with Crippen LogP contribution in [-0.4, -0.2) is 54.8 Å². The second-order valence-corrected chi connectivity index (χ2v) is 17.3. The van der Waals surface area contributed by atoms with Gasteiger partial charge in [-0.2, -0.15) is 4.31 Å². The van der Waals surface area contributed by atoms with Crippen molar-refractivity contribution in [2.75, 3.05) is 19.7 Å². The Morgan fingerprint density at radius 3 is 1.93 bits per heavy atom. The summed E-state index contributed by atoms with van der Waals surface area (Å²) in [6.45, 7) is 17.9. The maximum absolute atomic E-state index is 12.4. The van der Waals surface area contributed by atoms with Crippen LogP contribution in [0.2, 0.25) is 0 Å². The Kier molecular flexibility index (Phi) is 18.4. The standard InChI is InChI=1S/C19H19NOS.C14H21NO3S.C13H18O2/c1-13(2)19(21)15-9-7-14(8-10-15)12-22-18-11-16-5-3-4-6-17(16)20-18;1-5-15(6-2)19(17,18)13-9-7-8-12(10-13)14(16)11(3)4;1-4-11-7-5-6-8-13(11)15-9-12(14)10(2)3/h3-10,13H,11-12H2,1-2H3;7-11H,5-6H2,1-4H3;5-8,10H,4,9H2,1-3H3. The predicted octanol–water partition coefficient (Wildman–Crippen LogP) is 10.5. The molecule has 0 spiro atoms. The molecule has 8 nitrogen and oxygen atoms in total. The van der Waals surface area contributed by atoms with Crippen molar-refractivity contribution in [3.8, 4) is 5.75 Å². The number of rotatable bonds is 15. The molecule has 0 saturated heterocycles. The van der Waals surface area contributed by atoms with Gasteiger partial charge in [0.15, 0.2) is 17.3 Å². The fourth-order valence-electron chi connectivity index (χ4n) is 5.56. The Morgan fingerprint density at radius 1 is 0.732 bits per heavy atom. The topological polar surface area (TPSA) is 110 Å². The molecule has 4 aromatic rings. The van der Waals surface area contributed by atoms with Gasteiger partial charge in [-0.15, -0.1) is 11.8 Å². The number of Topliss-reactive ketones (excluding diaryl/α,β-unsaturated/α-hetero) is 3. The molecule has 56 heavy (non-hydrogen) atoms. The van der Waals surface area contributed by atoms with Crippen LogP contribution in [0.4, 0.5) is 5.69 Å². The third-order valence-corrected chi connectivity index (χ3v) is 12.2. The van der Waals surface area contributed by atoms with Crippen molar-refractivity contribution < 1.29 is 27.5 Å². The number of benzene rings is 4. The highest BCUT2D eigenvalue weighted by Crippen LogP contribution is 2.31. The van der Waals surface area contributed by atoms with Gasteiger partial charge in [0.1, 0.15) is 12.4 Å². The van der Waals surface area contributed by atoms with Crippen LogP contribution < -0.4 is 4.74 Å². The maximum atomic E-state index is 12.4. The Balaban J connectivity index is 0.000000230. The quantitative estimate of drug-likeness (QED) is 0.110. The summed E-state index contributed by atoms with van der Waals surface area (Å²) in [6.07, 6.45) is 1.86. The minimum absolute atomic E-state index is 0.0405. The molecule has 0 aliphatic carbocycles. The first-order valence-electron chi connectivity index (χ1n) is 19.4. The lowest BCUT2D eigenvalue weighted by molar-refractivity contribution is -0.123. The lowest BCUT2D eigenvalue weighted by Gasteiger charge is -2.18. The van der Waals surface area contributed by atoms with E-state index in [0.717, 1.165) is 41.2 Å². The van der Waals surface area contributed by atoms with E-state index >= 15 is 0 Å². The van der Waals surface area contributed by atoms with Gasteiger partial charge < -0.3 is 4.74 Å². The van der Waals surface area contributed by atoms with Crippen molar-refractivity contribution in [3.63, 3.8) is 0 Å². The van der Waals surface area contributed by atoms with Crippen LogP contribution >= 0.6 is 11.8 Å². The van der Waals surface area contributed by atoms with E-state index in [1.54, 1.807) is 51.6 Å². The number of fused-ring (bicyclic) bond motifs is 1. The van der Waals surface area contributed by atoms with Gasteiger partial charge in [0.2, 0.25) is 10.0 Å². The summed E-state index contributed by atoms with van der Waals surface area (Å²) in [6, 6.07) is 30.4. The van der Waals surface area contributed by atoms with Crippen LogP contribution in [0, 0.1) is 17.8 Å². The van der Waals surface area contributed by atoms with E-state index in [4.69, 9.17) is 4.74 Å². The van der Waals surface area contributed by atoms with E-state index in [0.29, 0.717) is 18.7 Å². The Bertz CT molecular complexity index is 2050. The monoisotopic (exact) mass is 798 g/mol. The van der Waals surface area contributed by atoms with Gasteiger partial charge >= 0.3 is 0 Å². The second-order valence-electron chi connectivity index (χ2n) is 14.3. The number of para-hydroxylation sites is 2. The highest BCUT2D eigenvalue weighted by molar-refractivity contribution is 8.13. The van der Waals surface area contributed by atoms with E-state index in [9.17, 15) is 22.8 Å². The van der Waals surface area contributed by atoms with Gasteiger partial charge in [0.25, 0.3) is 0 Å². The van der Waals surface area contributed by atoms with Crippen molar-refractivity contribution in [1.29, 1.82) is 0 Å². The lowest BCUT2D eigenvalue weighted by Crippen LogP contribution is -2.30. The summed E-state index contributed by atoms with van der Waals surface area (Å²) in [7, 11) is -3.50. The average Bonchev–Trinajstić information content (AvgIpc) is 3.63. The fourth-order valence-corrected chi connectivity index (χ4v) is 8.01. The van der Waals surface area contributed by atoms with Crippen LogP contribution in [0.25, 0.3) is 0 Å². The number of carbonyl (C=O) groups is 3. The highest BCUT2D eigenvalue weighted by Gasteiger charge is 2.23. The van der Waals surface area contributed by atoms with Gasteiger partial charge in [0, 0.05) is 54.1 Å². The van der Waals surface area contributed by atoms with Crippen molar-refractivity contribution >= 4 is 49.9 Å². The molecule has 0 N–H and O–H groups in total. The number of carbonyl (C=O) groups excluding carboxylic acids is 3. The van der Waals surface area contributed by atoms with Gasteiger partial charge in [-0.05, 0) is 47.4 Å². The number of ether oxygens (including phenoxy) is 1. The first-order chi connectivity index (χ1) is 26.6. The van der Waals surface area contributed by atoms with Crippen LogP contribution in [-0.2, 0) is 33.4 Å². The highest BCUT2D eigenvalue weighted by atomic mass is 32.2. The molecule has 0 aromatic heterocycles. The zero-order chi connectivity index (χ0) is 41.4. The number of hydrogen-bond donors (Lipinski definition) is 0. The molecule has 0 fully saturated rings. The molecule has 0 unspecified atom stereocenters. The average molecular weight is 799 g/mol. The maximum Gasteiger partial charge on any atom is 0.243 e. The zero-order valence-corrected chi connectivity index (χ0v) is 36.0. The van der Waals surface area contributed by atoms with Crippen LogP contribution in [0.1, 0.15) is 99.7 Å². The Labute approximate surface area is 339 Å². The van der Waals surface area contributed by atoms with Gasteiger partial charge in [0.05, 0.1) is 15.6 Å². The fraction of sp³-hybridized carbons (Fsp3) is 0.391. The zero-order valence-electron chi connectivity index (χ0n) is 34.4. The van der Waals surface area contributed by atoms with E-state index in [1.807, 2.05) is 82.3 Å². The molecule has 10 heteroatoms. The minimum Gasteiger partial charge on any atom is -0.486 e. The normalized spacial score (nSPS) is 12.1. The number of hydrogen-bond acceptors (Lipinski definition) is 8. The van der Waals surface area contributed by atoms with Crippen molar-refractivity contribution in [2.24, 2.45) is 22.7 Å². The Hall–Kier alpha value is -4.38. The first-order valence-corrected chi connectivity index (χ1v) is 21.8. The van der Waals surface area contributed by atoms with Crippen LogP contribution in [0.15, 0.2) is 107 Å². The number of aliphatic imine (C=N–C) groups is 1. The molecule has 0 saturated carbocycles. The van der Waals surface area contributed by atoms with E-state index in [2.05, 4.69) is 30.1 Å². The summed E-state index contributed by atoms with van der Waals surface area (Å²) < 4.78 is 31.6. The molecule has 0 radical (unpaired) electrons. The molecule has 1 heterocycles. The third kappa shape index (κ3) is 13.4. The predicted molar refractivity (Wildman–Crippen MR) is 231 cm³/mol. The molecular formula is C46H58N2O6S2. The van der Waals surface area contributed by atoms with Gasteiger partial charge in [-0.3, -0.25) is 14.4 Å². The SMILES string of the molecule is CC(C)C(=O)c1ccc(CSC2=Nc3ccccc3C2)cc1.CCN(CC)S(=O)(=O)c1cccc(C(=O)C(C)C)c1.CCc1ccccc1OCC(=O)C(C)C. The number of nitrogens with zero attached hydrogens (tertiary/aromatic N) is 2. The van der Waals surface area contributed by atoms with Crippen LogP contribution in [0.3, 0.4) is 0 Å². The van der Waals surface area contributed by atoms with E-state index < -0.39 is 10.0 Å². The molecular weight excluding hydrogens is 741 g/mol. The molecule has 1 aliphatic heterocycles. The number of ketones is 3. The van der Waals surface area contributed by atoms with E-state index in [-0.39, 0.29) is 46.6 Å². The summed E-state index contributed by atoms with van der Waals surface area (Å²) in [5, 5.41) is 1.17. The van der Waals surface area contributed by atoms with Gasteiger partial charge in [-0.25, -0.2) is 13.4 Å².